The first-order valence-electron chi connectivity index (χ1n) is 11.8. The molecule has 0 saturated carbocycles. The van der Waals surface area contributed by atoms with Crippen LogP contribution in [-0.2, 0) is 9.59 Å². The molecule has 0 aliphatic carbocycles. The van der Waals surface area contributed by atoms with Gasteiger partial charge in [-0.25, -0.2) is 0 Å². The molecule has 0 atom stereocenters. The van der Waals surface area contributed by atoms with E-state index in [1.807, 2.05) is 4.90 Å². The van der Waals surface area contributed by atoms with Crippen molar-refractivity contribution in [3.8, 4) is 0 Å². The van der Waals surface area contributed by atoms with Crippen LogP contribution in [-0.4, -0.2) is 79.8 Å². The van der Waals surface area contributed by atoms with Crippen molar-refractivity contribution in [2.45, 2.75) is 84.0 Å². The second-order valence-corrected chi connectivity index (χ2v) is 8.41. The van der Waals surface area contributed by atoms with Crippen LogP contribution in [0.3, 0.4) is 0 Å². The number of amides is 1. The molecule has 5 nitrogen and oxygen atoms in total. The number of likely N-dealkylation sites (N-methyl/N-ethyl adjacent to an activating group) is 1. The number of nitrogens with zero attached hydrogens (tertiary/aromatic N) is 3. The van der Waals surface area contributed by atoms with E-state index >= 15 is 0 Å². The van der Waals surface area contributed by atoms with Crippen LogP contribution in [0.2, 0.25) is 0 Å². The Balaban J connectivity index is 2.17. The summed E-state index contributed by atoms with van der Waals surface area (Å²) in [5.41, 5.74) is 0. The molecule has 1 aliphatic heterocycles. The summed E-state index contributed by atoms with van der Waals surface area (Å²) in [6.45, 7) is 9.05. The van der Waals surface area contributed by atoms with Crippen LogP contribution >= 0.6 is 0 Å². The number of carbonyl (C=O) groups excluding carboxylic acids is 2. The van der Waals surface area contributed by atoms with E-state index in [0.29, 0.717) is 18.7 Å². The molecule has 0 aromatic heterocycles. The molecule has 1 rings (SSSR count). The molecule has 0 aromatic carbocycles. The van der Waals surface area contributed by atoms with Gasteiger partial charge in [0.2, 0.25) is 5.91 Å². The first kappa shape index (κ1) is 25.1. The van der Waals surface area contributed by atoms with Gasteiger partial charge in [0.25, 0.3) is 0 Å². The highest BCUT2D eigenvalue weighted by molar-refractivity contribution is 5.76. The SMILES string of the molecule is CCCCCCCCCCN(CCCC=O)CCCC(=O)N1CCN(C)CC1. The van der Waals surface area contributed by atoms with Crippen LogP contribution in [0.4, 0.5) is 0 Å². The molecule has 0 unspecified atom stereocenters. The van der Waals surface area contributed by atoms with Crippen molar-refractivity contribution in [1.29, 1.82) is 0 Å². The van der Waals surface area contributed by atoms with E-state index in [1.54, 1.807) is 0 Å². The van der Waals surface area contributed by atoms with Crippen molar-refractivity contribution in [2.75, 3.05) is 52.9 Å². The minimum Gasteiger partial charge on any atom is -0.340 e. The smallest absolute Gasteiger partial charge is 0.222 e. The van der Waals surface area contributed by atoms with Crippen molar-refractivity contribution < 1.29 is 9.59 Å². The third-order valence-electron chi connectivity index (χ3n) is 5.85. The third kappa shape index (κ3) is 12.5. The summed E-state index contributed by atoms with van der Waals surface area (Å²) in [7, 11) is 2.12. The minimum absolute atomic E-state index is 0.313. The quantitative estimate of drug-likeness (QED) is 0.276. The molecular weight excluding hydrogens is 350 g/mol. The predicted octanol–water partition coefficient (Wildman–Crippen LogP) is 3.96. The standard InChI is InChI=1S/C23H45N3O2/c1-3-4-5-6-7-8-9-10-15-25(16-11-12-22-27)17-13-14-23(28)26-20-18-24(2)19-21-26/h22H,3-21H2,1-2H3. The summed E-state index contributed by atoms with van der Waals surface area (Å²) in [5.74, 6) is 0.313. The topological polar surface area (TPSA) is 43.9 Å². The van der Waals surface area contributed by atoms with Crippen molar-refractivity contribution in [3.63, 3.8) is 0 Å². The molecule has 28 heavy (non-hydrogen) atoms. The predicted molar refractivity (Wildman–Crippen MR) is 118 cm³/mol. The normalized spacial score (nSPS) is 15.3. The molecule has 0 radical (unpaired) electrons. The summed E-state index contributed by atoms with van der Waals surface area (Å²) in [5, 5.41) is 0. The Labute approximate surface area is 173 Å². The molecule has 164 valence electrons. The number of rotatable bonds is 17. The third-order valence-corrected chi connectivity index (χ3v) is 5.85. The van der Waals surface area contributed by atoms with E-state index in [-0.39, 0.29) is 0 Å². The summed E-state index contributed by atoms with van der Waals surface area (Å²) >= 11 is 0. The Morgan fingerprint density at radius 1 is 0.821 bits per heavy atom. The first-order chi connectivity index (χ1) is 13.7. The van der Waals surface area contributed by atoms with E-state index < -0.39 is 0 Å². The van der Waals surface area contributed by atoms with E-state index in [0.717, 1.165) is 64.9 Å². The monoisotopic (exact) mass is 395 g/mol. The number of piperazine rings is 1. The van der Waals surface area contributed by atoms with E-state index in [4.69, 9.17) is 0 Å². The molecule has 0 aromatic rings. The van der Waals surface area contributed by atoms with Crippen LogP contribution in [0.15, 0.2) is 0 Å². The van der Waals surface area contributed by atoms with Crippen LogP contribution in [0, 0.1) is 0 Å². The Bertz CT molecular complexity index is 395. The van der Waals surface area contributed by atoms with Crippen LogP contribution in [0.1, 0.15) is 84.0 Å². The Hall–Kier alpha value is -0.940. The van der Waals surface area contributed by atoms with Gasteiger partial charge < -0.3 is 19.5 Å². The maximum Gasteiger partial charge on any atom is 0.222 e. The summed E-state index contributed by atoms with van der Waals surface area (Å²) in [6.07, 6.45) is 14.9. The van der Waals surface area contributed by atoms with Crippen molar-refractivity contribution >= 4 is 12.2 Å². The number of hydrogen-bond acceptors (Lipinski definition) is 4. The zero-order chi connectivity index (χ0) is 20.5. The zero-order valence-electron chi connectivity index (χ0n) is 18.7. The highest BCUT2D eigenvalue weighted by Crippen LogP contribution is 2.10. The molecule has 0 spiro atoms. The lowest BCUT2D eigenvalue weighted by atomic mass is 10.1. The van der Waals surface area contributed by atoms with Gasteiger partial charge in [-0.3, -0.25) is 4.79 Å². The Morgan fingerprint density at radius 3 is 2.04 bits per heavy atom. The second kappa shape index (κ2) is 17.0. The van der Waals surface area contributed by atoms with Crippen LogP contribution in [0.5, 0.6) is 0 Å². The highest BCUT2D eigenvalue weighted by atomic mass is 16.2. The van der Waals surface area contributed by atoms with Gasteiger partial charge in [-0.05, 0) is 45.9 Å². The molecular formula is C23H45N3O2. The van der Waals surface area contributed by atoms with Gasteiger partial charge in [0.1, 0.15) is 6.29 Å². The largest absolute Gasteiger partial charge is 0.340 e. The zero-order valence-corrected chi connectivity index (χ0v) is 18.7. The number of carbonyl (C=O) groups is 2. The van der Waals surface area contributed by atoms with Gasteiger partial charge in [0, 0.05) is 39.0 Å². The van der Waals surface area contributed by atoms with Gasteiger partial charge in [0.05, 0.1) is 0 Å². The maximum atomic E-state index is 12.4. The molecule has 1 saturated heterocycles. The summed E-state index contributed by atoms with van der Waals surface area (Å²) in [4.78, 5) is 29.8. The van der Waals surface area contributed by atoms with Gasteiger partial charge >= 0.3 is 0 Å². The van der Waals surface area contributed by atoms with Crippen LogP contribution < -0.4 is 0 Å². The lowest BCUT2D eigenvalue weighted by Gasteiger charge is -2.32. The highest BCUT2D eigenvalue weighted by Gasteiger charge is 2.18. The van der Waals surface area contributed by atoms with Crippen molar-refractivity contribution in [3.05, 3.63) is 0 Å². The average Bonchev–Trinajstić information content (AvgIpc) is 2.70. The van der Waals surface area contributed by atoms with E-state index in [1.165, 1.54) is 51.4 Å². The van der Waals surface area contributed by atoms with Crippen LogP contribution in [0.25, 0.3) is 0 Å². The average molecular weight is 396 g/mol. The van der Waals surface area contributed by atoms with Gasteiger partial charge in [0.15, 0.2) is 0 Å². The second-order valence-electron chi connectivity index (χ2n) is 8.41. The number of hydrogen-bond donors (Lipinski definition) is 0. The lowest BCUT2D eigenvalue weighted by Crippen LogP contribution is -2.47. The van der Waals surface area contributed by atoms with E-state index in [2.05, 4.69) is 23.8 Å². The summed E-state index contributed by atoms with van der Waals surface area (Å²) < 4.78 is 0. The van der Waals surface area contributed by atoms with Gasteiger partial charge in [-0.1, -0.05) is 51.9 Å². The van der Waals surface area contributed by atoms with Gasteiger partial charge in [-0.2, -0.15) is 0 Å². The van der Waals surface area contributed by atoms with Crippen molar-refractivity contribution in [1.82, 2.24) is 14.7 Å². The maximum absolute atomic E-state index is 12.4. The molecule has 5 heteroatoms. The van der Waals surface area contributed by atoms with Gasteiger partial charge in [-0.15, -0.1) is 0 Å². The number of unbranched alkanes of at least 4 members (excludes halogenated alkanes) is 8. The number of aldehydes is 1. The fraction of sp³-hybridized carbons (Fsp3) is 0.913. The summed E-state index contributed by atoms with van der Waals surface area (Å²) in [6, 6.07) is 0. The molecule has 0 N–H and O–H groups in total. The lowest BCUT2D eigenvalue weighted by molar-refractivity contribution is -0.132. The fourth-order valence-corrected chi connectivity index (χ4v) is 3.87. The molecule has 1 fully saturated rings. The van der Waals surface area contributed by atoms with E-state index in [9.17, 15) is 9.59 Å². The Kier molecular flexibility index (Phi) is 15.2. The molecule has 1 aliphatic rings. The first-order valence-corrected chi connectivity index (χ1v) is 11.8. The van der Waals surface area contributed by atoms with Crippen molar-refractivity contribution in [2.24, 2.45) is 0 Å². The minimum atomic E-state index is 0.313. The molecule has 1 amide bonds. The molecule has 1 heterocycles. The molecule has 0 bridgehead atoms. The fourth-order valence-electron chi connectivity index (χ4n) is 3.87. The Morgan fingerprint density at radius 2 is 1.39 bits per heavy atom.